The molecule has 24 heavy (non-hydrogen) atoms. The lowest BCUT2D eigenvalue weighted by Crippen LogP contribution is -2.39. The standard InChI is InChI=1S/C20H28N2O2/c1-16(14-19(23)20-8-5-13-24-20)21-18-10-12-22(15-18)11-9-17-6-3-2-4-7-17/h2-8,13,16,18-19,21,23H,9-12,14-15H2,1H3. The highest BCUT2D eigenvalue weighted by Crippen LogP contribution is 2.19. The number of rotatable bonds is 8. The van der Waals surface area contributed by atoms with Gasteiger partial charge in [0, 0.05) is 25.2 Å². The van der Waals surface area contributed by atoms with E-state index in [9.17, 15) is 5.11 Å². The highest BCUT2D eigenvalue weighted by molar-refractivity contribution is 5.15. The monoisotopic (exact) mass is 328 g/mol. The van der Waals surface area contributed by atoms with E-state index in [-0.39, 0.29) is 6.04 Å². The van der Waals surface area contributed by atoms with Gasteiger partial charge in [0.2, 0.25) is 0 Å². The van der Waals surface area contributed by atoms with Gasteiger partial charge >= 0.3 is 0 Å². The molecule has 3 unspecified atom stereocenters. The van der Waals surface area contributed by atoms with Gasteiger partial charge in [0.1, 0.15) is 11.9 Å². The zero-order valence-electron chi connectivity index (χ0n) is 14.4. The molecule has 1 fully saturated rings. The number of hydrogen-bond acceptors (Lipinski definition) is 4. The lowest BCUT2D eigenvalue weighted by molar-refractivity contribution is 0.126. The zero-order valence-corrected chi connectivity index (χ0v) is 14.4. The molecule has 3 rings (SSSR count). The molecule has 130 valence electrons. The molecule has 4 nitrogen and oxygen atoms in total. The van der Waals surface area contributed by atoms with Crippen molar-refractivity contribution >= 4 is 0 Å². The second-order valence-corrected chi connectivity index (χ2v) is 6.86. The van der Waals surface area contributed by atoms with Crippen molar-refractivity contribution in [3.8, 4) is 0 Å². The molecule has 1 aromatic heterocycles. The molecule has 0 amide bonds. The van der Waals surface area contributed by atoms with Crippen LogP contribution in [0.15, 0.2) is 53.1 Å². The van der Waals surface area contributed by atoms with Gasteiger partial charge < -0.3 is 19.7 Å². The Balaban J connectivity index is 1.38. The second-order valence-electron chi connectivity index (χ2n) is 6.86. The quantitative estimate of drug-likeness (QED) is 0.782. The maximum absolute atomic E-state index is 10.2. The molecular weight excluding hydrogens is 300 g/mol. The summed E-state index contributed by atoms with van der Waals surface area (Å²) >= 11 is 0. The minimum Gasteiger partial charge on any atom is -0.467 e. The Labute approximate surface area is 144 Å². The lowest BCUT2D eigenvalue weighted by Gasteiger charge is -2.22. The van der Waals surface area contributed by atoms with Crippen LogP contribution in [0.5, 0.6) is 0 Å². The Morgan fingerprint density at radius 1 is 1.25 bits per heavy atom. The third kappa shape index (κ3) is 4.94. The van der Waals surface area contributed by atoms with Crippen molar-refractivity contribution < 1.29 is 9.52 Å². The molecule has 4 heteroatoms. The van der Waals surface area contributed by atoms with E-state index in [1.165, 1.54) is 12.0 Å². The average molecular weight is 328 g/mol. The molecule has 1 aliphatic rings. The Morgan fingerprint density at radius 3 is 2.83 bits per heavy atom. The molecule has 2 aromatic rings. The van der Waals surface area contributed by atoms with Crippen molar-refractivity contribution in [2.24, 2.45) is 0 Å². The van der Waals surface area contributed by atoms with E-state index < -0.39 is 6.10 Å². The highest BCUT2D eigenvalue weighted by atomic mass is 16.4. The summed E-state index contributed by atoms with van der Waals surface area (Å²) in [6.45, 7) is 5.50. The molecule has 2 heterocycles. The van der Waals surface area contributed by atoms with Gasteiger partial charge in [-0.2, -0.15) is 0 Å². The first-order valence-corrected chi connectivity index (χ1v) is 8.94. The molecular formula is C20H28N2O2. The van der Waals surface area contributed by atoms with Crippen molar-refractivity contribution in [1.29, 1.82) is 0 Å². The molecule has 1 aromatic carbocycles. The summed E-state index contributed by atoms with van der Waals surface area (Å²) in [5, 5.41) is 13.8. The van der Waals surface area contributed by atoms with Crippen molar-refractivity contribution in [3.63, 3.8) is 0 Å². The molecule has 0 saturated carbocycles. The van der Waals surface area contributed by atoms with E-state index >= 15 is 0 Å². The maximum atomic E-state index is 10.2. The molecule has 0 radical (unpaired) electrons. The summed E-state index contributed by atoms with van der Waals surface area (Å²) in [4.78, 5) is 2.53. The van der Waals surface area contributed by atoms with Crippen molar-refractivity contribution in [2.75, 3.05) is 19.6 Å². The number of benzene rings is 1. The lowest BCUT2D eigenvalue weighted by atomic mass is 10.1. The van der Waals surface area contributed by atoms with Gasteiger partial charge in [-0.25, -0.2) is 0 Å². The van der Waals surface area contributed by atoms with Crippen molar-refractivity contribution in [3.05, 3.63) is 60.1 Å². The highest BCUT2D eigenvalue weighted by Gasteiger charge is 2.24. The molecule has 2 N–H and O–H groups in total. The van der Waals surface area contributed by atoms with Crippen LogP contribution in [0.1, 0.15) is 37.2 Å². The SMILES string of the molecule is CC(CC(O)c1ccco1)NC1CCN(CCc2ccccc2)C1. The van der Waals surface area contributed by atoms with Crippen LogP contribution in [0.4, 0.5) is 0 Å². The van der Waals surface area contributed by atoms with Crippen molar-refractivity contribution in [1.82, 2.24) is 10.2 Å². The van der Waals surface area contributed by atoms with Crippen LogP contribution in [-0.4, -0.2) is 41.7 Å². The van der Waals surface area contributed by atoms with Crippen LogP contribution in [0.25, 0.3) is 0 Å². The van der Waals surface area contributed by atoms with Gasteiger partial charge in [0.25, 0.3) is 0 Å². The normalized spacial score (nSPS) is 21.0. The largest absolute Gasteiger partial charge is 0.467 e. The Morgan fingerprint density at radius 2 is 2.08 bits per heavy atom. The van der Waals surface area contributed by atoms with E-state index in [1.54, 1.807) is 6.26 Å². The van der Waals surface area contributed by atoms with Crippen LogP contribution in [0, 0.1) is 0 Å². The molecule has 0 spiro atoms. The number of aliphatic hydroxyl groups excluding tert-OH is 1. The first kappa shape index (κ1) is 17.2. The summed E-state index contributed by atoms with van der Waals surface area (Å²) in [5.74, 6) is 0.652. The summed E-state index contributed by atoms with van der Waals surface area (Å²) in [5.41, 5.74) is 1.41. The first-order valence-electron chi connectivity index (χ1n) is 8.94. The topological polar surface area (TPSA) is 48.6 Å². The van der Waals surface area contributed by atoms with Crippen LogP contribution >= 0.6 is 0 Å². The fourth-order valence-electron chi connectivity index (χ4n) is 3.51. The Hall–Kier alpha value is -1.62. The van der Waals surface area contributed by atoms with E-state index in [4.69, 9.17) is 4.42 Å². The molecule has 0 bridgehead atoms. The van der Waals surface area contributed by atoms with Crippen LogP contribution in [0.2, 0.25) is 0 Å². The zero-order chi connectivity index (χ0) is 16.8. The Kier molecular flexibility index (Phi) is 6.07. The third-order valence-corrected chi connectivity index (χ3v) is 4.80. The minimum atomic E-state index is -0.530. The van der Waals surface area contributed by atoms with Crippen LogP contribution in [0.3, 0.4) is 0 Å². The predicted octanol–water partition coefficient (Wildman–Crippen LogP) is 3.00. The maximum Gasteiger partial charge on any atom is 0.132 e. The fourth-order valence-corrected chi connectivity index (χ4v) is 3.51. The molecule has 1 aliphatic heterocycles. The second kappa shape index (κ2) is 8.47. The smallest absolute Gasteiger partial charge is 0.132 e. The van der Waals surface area contributed by atoms with Gasteiger partial charge in [-0.15, -0.1) is 0 Å². The summed E-state index contributed by atoms with van der Waals surface area (Å²) in [6.07, 6.45) is 4.04. The molecule has 1 saturated heterocycles. The number of aliphatic hydroxyl groups is 1. The number of likely N-dealkylation sites (tertiary alicyclic amines) is 1. The molecule has 0 aliphatic carbocycles. The summed E-state index contributed by atoms with van der Waals surface area (Å²) in [7, 11) is 0. The number of hydrogen-bond donors (Lipinski definition) is 2. The first-order chi connectivity index (χ1) is 11.7. The van der Waals surface area contributed by atoms with E-state index in [0.29, 0.717) is 18.2 Å². The third-order valence-electron chi connectivity index (χ3n) is 4.80. The minimum absolute atomic E-state index is 0.268. The number of nitrogens with zero attached hydrogens (tertiary/aromatic N) is 1. The summed E-state index contributed by atoms with van der Waals surface area (Å²) < 4.78 is 5.27. The van der Waals surface area contributed by atoms with Crippen LogP contribution < -0.4 is 5.32 Å². The van der Waals surface area contributed by atoms with E-state index in [2.05, 4.69) is 47.5 Å². The van der Waals surface area contributed by atoms with Gasteiger partial charge in [0.15, 0.2) is 0 Å². The number of nitrogens with one attached hydrogen (secondary N) is 1. The van der Waals surface area contributed by atoms with Gasteiger partial charge in [-0.3, -0.25) is 0 Å². The summed E-state index contributed by atoms with van der Waals surface area (Å²) in [6, 6.07) is 15.1. The fraction of sp³-hybridized carbons (Fsp3) is 0.500. The number of furan rings is 1. The Bertz CT molecular complexity index is 585. The van der Waals surface area contributed by atoms with E-state index in [0.717, 1.165) is 26.1 Å². The van der Waals surface area contributed by atoms with Gasteiger partial charge in [-0.05, 0) is 50.4 Å². The van der Waals surface area contributed by atoms with Gasteiger partial charge in [-0.1, -0.05) is 30.3 Å². The average Bonchev–Trinajstić information content (AvgIpc) is 3.25. The predicted molar refractivity (Wildman–Crippen MR) is 95.9 cm³/mol. The van der Waals surface area contributed by atoms with Gasteiger partial charge in [0.05, 0.1) is 6.26 Å². The molecule has 3 atom stereocenters. The van der Waals surface area contributed by atoms with Crippen molar-refractivity contribution in [2.45, 2.75) is 44.4 Å². The van der Waals surface area contributed by atoms with E-state index in [1.807, 2.05) is 12.1 Å². The van der Waals surface area contributed by atoms with Crippen LogP contribution in [-0.2, 0) is 6.42 Å².